The van der Waals surface area contributed by atoms with Crippen LogP contribution in [-0.2, 0) is 4.79 Å². The van der Waals surface area contributed by atoms with E-state index in [1.807, 2.05) is 43.3 Å². The molecular weight excluding hydrogens is 372 g/mol. The molecule has 0 aliphatic rings. The number of aryl methyl sites for hydroxylation is 1. The largest absolute Gasteiger partial charge is 0.451 e. The summed E-state index contributed by atoms with van der Waals surface area (Å²) in [6.07, 6.45) is 0. The summed E-state index contributed by atoms with van der Waals surface area (Å²) in [5, 5.41) is 6.20. The summed E-state index contributed by atoms with van der Waals surface area (Å²) >= 11 is 3.35. The van der Waals surface area contributed by atoms with Crippen LogP contribution in [0.2, 0.25) is 0 Å². The topological polar surface area (TPSA) is 71.3 Å². The fourth-order valence-electron chi connectivity index (χ4n) is 2.39. The molecule has 2 aromatic carbocycles. The van der Waals surface area contributed by atoms with Crippen LogP contribution in [0.1, 0.15) is 16.1 Å². The zero-order chi connectivity index (χ0) is 17.1. The number of furan rings is 1. The maximum absolute atomic E-state index is 12.3. The van der Waals surface area contributed by atoms with Gasteiger partial charge in [-0.2, -0.15) is 0 Å². The van der Waals surface area contributed by atoms with Crippen molar-refractivity contribution in [2.24, 2.45) is 0 Å². The third-order valence-corrected chi connectivity index (χ3v) is 4.30. The zero-order valence-corrected chi connectivity index (χ0v) is 14.5. The molecule has 0 radical (unpaired) electrons. The molecule has 0 bridgehead atoms. The van der Waals surface area contributed by atoms with Crippen LogP contribution in [0.4, 0.5) is 5.69 Å². The van der Waals surface area contributed by atoms with Crippen molar-refractivity contribution in [3.8, 4) is 0 Å². The lowest BCUT2D eigenvalue weighted by molar-refractivity contribution is -0.115. The van der Waals surface area contributed by atoms with E-state index in [0.717, 1.165) is 15.4 Å². The van der Waals surface area contributed by atoms with Gasteiger partial charge >= 0.3 is 0 Å². The summed E-state index contributed by atoms with van der Waals surface area (Å²) in [4.78, 5) is 24.2. The van der Waals surface area contributed by atoms with Crippen molar-refractivity contribution >= 4 is 44.4 Å². The second-order valence-electron chi connectivity index (χ2n) is 5.26. The van der Waals surface area contributed by atoms with Gasteiger partial charge in [-0.25, -0.2) is 0 Å². The quantitative estimate of drug-likeness (QED) is 0.714. The first-order valence-electron chi connectivity index (χ1n) is 7.37. The van der Waals surface area contributed by atoms with Gasteiger partial charge in [0.1, 0.15) is 5.58 Å². The summed E-state index contributed by atoms with van der Waals surface area (Å²) in [7, 11) is 0. The van der Waals surface area contributed by atoms with Crippen molar-refractivity contribution in [1.29, 1.82) is 0 Å². The standard InChI is InChI=1S/C18H15BrN2O3/c1-11-12-6-2-5-9-15(12)24-17(11)18(23)20-10-16(22)21-14-8-4-3-7-13(14)19/h2-9H,10H2,1H3,(H,20,23)(H,21,22). The van der Waals surface area contributed by atoms with Gasteiger partial charge in [0, 0.05) is 15.4 Å². The number of hydrogen-bond donors (Lipinski definition) is 2. The molecule has 0 aliphatic heterocycles. The van der Waals surface area contributed by atoms with Gasteiger partial charge in [-0.05, 0) is 41.1 Å². The molecule has 3 rings (SSSR count). The number of para-hydroxylation sites is 2. The summed E-state index contributed by atoms with van der Waals surface area (Å²) in [6, 6.07) is 14.7. The van der Waals surface area contributed by atoms with Gasteiger partial charge in [0.15, 0.2) is 5.76 Å². The highest BCUT2D eigenvalue weighted by molar-refractivity contribution is 9.10. The lowest BCUT2D eigenvalue weighted by Crippen LogP contribution is -2.33. The van der Waals surface area contributed by atoms with Crippen LogP contribution < -0.4 is 10.6 Å². The Bertz CT molecular complexity index is 918. The van der Waals surface area contributed by atoms with Crippen LogP contribution in [0.5, 0.6) is 0 Å². The predicted molar refractivity (Wildman–Crippen MR) is 96.1 cm³/mol. The Morgan fingerprint density at radius 1 is 1.08 bits per heavy atom. The third-order valence-electron chi connectivity index (χ3n) is 3.61. The minimum atomic E-state index is -0.411. The Morgan fingerprint density at radius 3 is 2.54 bits per heavy atom. The van der Waals surface area contributed by atoms with Gasteiger partial charge in [-0.15, -0.1) is 0 Å². The normalized spacial score (nSPS) is 10.6. The van der Waals surface area contributed by atoms with Crippen molar-refractivity contribution in [3.63, 3.8) is 0 Å². The zero-order valence-electron chi connectivity index (χ0n) is 12.9. The summed E-state index contributed by atoms with van der Waals surface area (Å²) in [5.74, 6) is -0.500. The van der Waals surface area contributed by atoms with Crippen molar-refractivity contribution in [2.45, 2.75) is 6.92 Å². The molecule has 0 saturated heterocycles. The van der Waals surface area contributed by atoms with E-state index in [9.17, 15) is 9.59 Å². The average Bonchev–Trinajstić information content (AvgIpc) is 2.92. The van der Waals surface area contributed by atoms with E-state index in [4.69, 9.17) is 4.42 Å². The van der Waals surface area contributed by atoms with E-state index in [2.05, 4.69) is 26.6 Å². The number of fused-ring (bicyclic) bond motifs is 1. The Labute approximate surface area is 147 Å². The first-order valence-corrected chi connectivity index (χ1v) is 8.16. The number of carbonyl (C=O) groups is 2. The minimum Gasteiger partial charge on any atom is -0.451 e. The monoisotopic (exact) mass is 386 g/mol. The fourth-order valence-corrected chi connectivity index (χ4v) is 2.77. The van der Waals surface area contributed by atoms with Crippen LogP contribution in [0.25, 0.3) is 11.0 Å². The maximum Gasteiger partial charge on any atom is 0.287 e. The first kappa shape index (κ1) is 16.3. The van der Waals surface area contributed by atoms with E-state index in [0.29, 0.717) is 11.3 Å². The second kappa shape index (κ2) is 6.88. The number of carbonyl (C=O) groups excluding carboxylic acids is 2. The molecule has 1 heterocycles. The predicted octanol–water partition coefficient (Wildman–Crippen LogP) is 3.87. The molecule has 122 valence electrons. The number of anilines is 1. The maximum atomic E-state index is 12.3. The van der Waals surface area contributed by atoms with Crippen LogP contribution in [-0.4, -0.2) is 18.4 Å². The van der Waals surface area contributed by atoms with E-state index < -0.39 is 5.91 Å². The first-order chi connectivity index (χ1) is 11.6. The fraction of sp³-hybridized carbons (Fsp3) is 0.111. The highest BCUT2D eigenvalue weighted by Gasteiger charge is 2.18. The Kier molecular flexibility index (Phi) is 4.66. The Morgan fingerprint density at radius 2 is 1.79 bits per heavy atom. The molecule has 24 heavy (non-hydrogen) atoms. The van der Waals surface area contributed by atoms with Crippen molar-refractivity contribution in [2.75, 3.05) is 11.9 Å². The number of halogens is 1. The van der Waals surface area contributed by atoms with Crippen molar-refractivity contribution in [3.05, 3.63) is 64.3 Å². The van der Waals surface area contributed by atoms with Crippen molar-refractivity contribution in [1.82, 2.24) is 5.32 Å². The summed E-state index contributed by atoms with van der Waals surface area (Å²) in [6.45, 7) is 1.68. The molecule has 0 unspecified atom stereocenters. The van der Waals surface area contributed by atoms with Crippen LogP contribution in [0.15, 0.2) is 57.4 Å². The Hall–Kier alpha value is -2.60. The van der Waals surface area contributed by atoms with Crippen LogP contribution >= 0.6 is 15.9 Å². The van der Waals surface area contributed by atoms with Gasteiger partial charge in [0.25, 0.3) is 5.91 Å². The highest BCUT2D eigenvalue weighted by atomic mass is 79.9. The summed E-state index contributed by atoms with van der Waals surface area (Å²) in [5.41, 5.74) is 2.06. The average molecular weight is 387 g/mol. The number of benzene rings is 2. The van der Waals surface area contributed by atoms with E-state index in [1.165, 1.54) is 0 Å². The molecule has 5 nitrogen and oxygen atoms in total. The smallest absolute Gasteiger partial charge is 0.287 e. The SMILES string of the molecule is Cc1c(C(=O)NCC(=O)Nc2ccccc2Br)oc2ccccc12. The second-order valence-corrected chi connectivity index (χ2v) is 6.12. The van der Waals surface area contributed by atoms with Gasteiger partial charge in [-0.1, -0.05) is 30.3 Å². The highest BCUT2D eigenvalue weighted by Crippen LogP contribution is 2.24. The lowest BCUT2D eigenvalue weighted by atomic mass is 10.1. The molecule has 0 atom stereocenters. The number of hydrogen-bond acceptors (Lipinski definition) is 3. The molecule has 1 aromatic heterocycles. The van der Waals surface area contributed by atoms with E-state index >= 15 is 0 Å². The molecule has 0 aliphatic carbocycles. The van der Waals surface area contributed by atoms with Gasteiger partial charge < -0.3 is 15.1 Å². The van der Waals surface area contributed by atoms with Gasteiger partial charge in [-0.3, -0.25) is 9.59 Å². The van der Waals surface area contributed by atoms with Gasteiger partial charge in [0.2, 0.25) is 5.91 Å². The molecular formula is C18H15BrN2O3. The van der Waals surface area contributed by atoms with Crippen molar-refractivity contribution < 1.29 is 14.0 Å². The molecule has 2 N–H and O–H groups in total. The van der Waals surface area contributed by atoms with Gasteiger partial charge in [0.05, 0.1) is 12.2 Å². The molecule has 3 aromatic rings. The number of nitrogens with one attached hydrogen (secondary N) is 2. The Balaban J connectivity index is 1.65. The van der Waals surface area contributed by atoms with E-state index in [1.54, 1.807) is 12.1 Å². The van der Waals surface area contributed by atoms with E-state index in [-0.39, 0.29) is 18.2 Å². The lowest BCUT2D eigenvalue weighted by Gasteiger charge is -2.07. The number of rotatable bonds is 4. The molecule has 6 heteroatoms. The third kappa shape index (κ3) is 3.33. The molecule has 2 amide bonds. The molecule has 0 saturated carbocycles. The van der Waals surface area contributed by atoms with Crippen LogP contribution in [0.3, 0.4) is 0 Å². The molecule has 0 spiro atoms. The molecule has 0 fully saturated rings. The minimum absolute atomic E-state index is 0.142. The summed E-state index contributed by atoms with van der Waals surface area (Å²) < 4.78 is 6.35. The number of amides is 2. The van der Waals surface area contributed by atoms with Crippen LogP contribution in [0, 0.1) is 6.92 Å².